The highest BCUT2D eigenvalue weighted by Gasteiger charge is 2.17. The van der Waals surface area contributed by atoms with E-state index in [1.54, 1.807) is 18.9 Å². The molecule has 1 aromatic rings. The lowest BCUT2D eigenvalue weighted by molar-refractivity contribution is 0.158. The normalized spacial score (nSPS) is 14.0. The lowest BCUT2D eigenvalue weighted by Crippen LogP contribution is -2.18. The highest BCUT2D eigenvalue weighted by Crippen LogP contribution is 2.25. The average molecular weight is 284 g/mol. The molecule has 1 rings (SSSR count). The Kier molecular flexibility index (Phi) is 6.68. The third-order valence-corrected chi connectivity index (χ3v) is 4.20. The van der Waals surface area contributed by atoms with E-state index in [4.69, 9.17) is 17.0 Å². The summed E-state index contributed by atoms with van der Waals surface area (Å²) in [7, 11) is 1.65. The lowest BCUT2D eigenvalue weighted by Gasteiger charge is -2.19. The number of methoxy groups -OCH3 is 1. The summed E-state index contributed by atoms with van der Waals surface area (Å²) in [5.41, 5.74) is 1.10. The van der Waals surface area contributed by atoms with Crippen molar-refractivity contribution in [2.75, 3.05) is 12.9 Å². The highest BCUT2D eigenvalue weighted by molar-refractivity contribution is 8.23. The molecule has 0 aliphatic rings. The summed E-state index contributed by atoms with van der Waals surface area (Å²) in [6, 6.07) is 7.81. The number of benzene rings is 1. The van der Waals surface area contributed by atoms with Crippen LogP contribution in [0, 0.1) is 0 Å². The minimum atomic E-state index is -0.426. The predicted molar refractivity (Wildman–Crippen MR) is 82.8 cm³/mol. The number of aliphatic hydroxyl groups excluding tert-OH is 1. The first-order valence-corrected chi connectivity index (χ1v) is 7.45. The van der Waals surface area contributed by atoms with Crippen LogP contribution in [-0.2, 0) is 0 Å². The van der Waals surface area contributed by atoms with E-state index < -0.39 is 6.10 Å². The zero-order valence-corrected chi connectivity index (χ0v) is 12.7. The Balaban J connectivity index is 2.61. The van der Waals surface area contributed by atoms with Crippen LogP contribution in [0.15, 0.2) is 24.3 Å². The quantitative estimate of drug-likeness (QED) is 0.808. The molecule has 0 saturated heterocycles. The lowest BCUT2D eigenvalue weighted by atomic mass is 9.94. The second-order valence-corrected chi connectivity index (χ2v) is 6.25. The molecule has 1 N–H and O–H groups in total. The van der Waals surface area contributed by atoms with E-state index in [2.05, 4.69) is 6.92 Å². The largest absolute Gasteiger partial charge is 0.497 e. The van der Waals surface area contributed by atoms with E-state index in [9.17, 15) is 5.11 Å². The summed E-state index contributed by atoms with van der Waals surface area (Å²) >= 11 is 6.85. The molecule has 2 nitrogen and oxygen atoms in total. The third-order valence-electron chi connectivity index (χ3n) is 2.90. The van der Waals surface area contributed by atoms with Gasteiger partial charge in [0.25, 0.3) is 0 Å². The number of aliphatic hydroxyl groups is 1. The molecule has 100 valence electrons. The molecular weight excluding hydrogens is 264 g/mol. The van der Waals surface area contributed by atoms with Crippen LogP contribution < -0.4 is 4.74 Å². The summed E-state index contributed by atoms with van der Waals surface area (Å²) in [4.78, 5) is 0. The Morgan fingerprint density at radius 2 is 2.00 bits per heavy atom. The fraction of sp³-hybridized carbons (Fsp3) is 0.500. The van der Waals surface area contributed by atoms with E-state index in [0.29, 0.717) is 6.42 Å². The van der Waals surface area contributed by atoms with Crippen molar-refractivity contribution in [2.45, 2.75) is 32.3 Å². The molecule has 0 heterocycles. The predicted octanol–water partition coefficient (Wildman–Crippen LogP) is 3.63. The molecule has 0 spiro atoms. The van der Waals surface area contributed by atoms with Gasteiger partial charge in [0.2, 0.25) is 0 Å². The van der Waals surface area contributed by atoms with Crippen molar-refractivity contribution in [3.05, 3.63) is 29.8 Å². The van der Waals surface area contributed by atoms with Crippen LogP contribution in [0.1, 0.15) is 31.7 Å². The van der Waals surface area contributed by atoms with Gasteiger partial charge in [0.15, 0.2) is 0 Å². The third kappa shape index (κ3) is 4.59. The van der Waals surface area contributed by atoms with E-state index in [0.717, 1.165) is 21.3 Å². The molecule has 0 bridgehead atoms. The van der Waals surface area contributed by atoms with Gasteiger partial charge in [-0.05, 0) is 23.4 Å². The fourth-order valence-corrected chi connectivity index (χ4v) is 2.83. The Morgan fingerprint density at radius 3 is 2.50 bits per heavy atom. The molecule has 0 amide bonds. The summed E-state index contributed by atoms with van der Waals surface area (Å²) in [6.07, 6.45) is 0.144. The first-order chi connectivity index (χ1) is 8.58. The Labute approximate surface area is 119 Å². The van der Waals surface area contributed by atoms with Gasteiger partial charge in [-0.15, -0.1) is 11.8 Å². The van der Waals surface area contributed by atoms with Gasteiger partial charge in [-0.2, -0.15) is 0 Å². The van der Waals surface area contributed by atoms with Crippen molar-refractivity contribution < 1.29 is 9.84 Å². The van der Waals surface area contributed by atoms with Crippen LogP contribution in [0.5, 0.6) is 5.75 Å². The summed E-state index contributed by atoms with van der Waals surface area (Å²) in [6.45, 7) is 4.09. The van der Waals surface area contributed by atoms with Crippen molar-refractivity contribution >= 4 is 28.2 Å². The van der Waals surface area contributed by atoms with Crippen molar-refractivity contribution in [1.29, 1.82) is 0 Å². The number of thiocarbonyl (C=S) groups is 1. The van der Waals surface area contributed by atoms with E-state index >= 15 is 0 Å². The first kappa shape index (κ1) is 15.5. The Hall–Kier alpha value is -0.580. The van der Waals surface area contributed by atoms with Crippen LogP contribution in [0.25, 0.3) is 0 Å². The van der Waals surface area contributed by atoms with Crippen LogP contribution in [0.3, 0.4) is 0 Å². The van der Waals surface area contributed by atoms with Gasteiger partial charge in [-0.3, -0.25) is 0 Å². The van der Waals surface area contributed by atoms with E-state index in [-0.39, 0.29) is 5.92 Å². The smallest absolute Gasteiger partial charge is 0.118 e. The molecule has 0 saturated carbocycles. The zero-order valence-electron chi connectivity index (χ0n) is 11.1. The molecule has 0 unspecified atom stereocenters. The molecule has 18 heavy (non-hydrogen) atoms. The minimum absolute atomic E-state index is 0.0753. The standard InChI is InChI=1S/C14H20O2S2/c1-4-18-14(17)9-13(15)10(2)11-5-7-12(16-3)8-6-11/h5-8,10,13,15H,4,9H2,1-3H3/t10-,13-/m1/s1. The molecule has 0 aliphatic carbocycles. The maximum Gasteiger partial charge on any atom is 0.118 e. The maximum atomic E-state index is 10.2. The zero-order chi connectivity index (χ0) is 13.5. The van der Waals surface area contributed by atoms with Crippen molar-refractivity contribution in [3.63, 3.8) is 0 Å². The van der Waals surface area contributed by atoms with Gasteiger partial charge in [0.05, 0.1) is 17.4 Å². The molecular formula is C14H20O2S2. The van der Waals surface area contributed by atoms with Crippen molar-refractivity contribution in [3.8, 4) is 5.75 Å². The van der Waals surface area contributed by atoms with Gasteiger partial charge < -0.3 is 9.84 Å². The Morgan fingerprint density at radius 1 is 1.39 bits per heavy atom. The second kappa shape index (κ2) is 7.77. The molecule has 1 aromatic carbocycles. The van der Waals surface area contributed by atoms with E-state index in [1.807, 2.05) is 31.2 Å². The van der Waals surface area contributed by atoms with Gasteiger partial charge in [0, 0.05) is 12.3 Å². The number of hydrogen-bond acceptors (Lipinski definition) is 4. The second-order valence-electron chi connectivity index (χ2n) is 4.14. The summed E-state index contributed by atoms with van der Waals surface area (Å²) in [5, 5.41) is 10.2. The minimum Gasteiger partial charge on any atom is -0.497 e. The maximum absolute atomic E-state index is 10.2. The van der Waals surface area contributed by atoms with Crippen LogP contribution in [0.4, 0.5) is 0 Å². The molecule has 0 aromatic heterocycles. The molecule has 0 aliphatic heterocycles. The topological polar surface area (TPSA) is 29.5 Å². The number of hydrogen-bond donors (Lipinski definition) is 1. The van der Waals surface area contributed by atoms with Gasteiger partial charge in [0.1, 0.15) is 5.75 Å². The monoisotopic (exact) mass is 284 g/mol. The van der Waals surface area contributed by atoms with Gasteiger partial charge >= 0.3 is 0 Å². The van der Waals surface area contributed by atoms with Crippen LogP contribution in [-0.4, -0.2) is 28.3 Å². The number of thioether (sulfide) groups is 1. The number of ether oxygens (including phenoxy) is 1. The van der Waals surface area contributed by atoms with Crippen molar-refractivity contribution in [2.24, 2.45) is 0 Å². The molecule has 0 fully saturated rings. The molecule has 4 heteroatoms. The summed E-state index contributed by atoms with van der Waals surface area (Å²) < 4.78 is 6.00. The molecule has 2 atom stereocenters. The van der Waals surface area contributed by atoms with Gasteiger partial charge in [-0.1, -0.05) is 38.2 Å². The Bertz CT molecular complexity index is 376. The first-order valence-electron chi connectivity index (χ1n) is 6.06. The fourth-order valence-electron chi connectivity index (χ4n) is 1.70. The van der Waals surface area contributed by atoms with E-state index in [1.165, 1.54) is 0 Å². The number of rotatable bonds is 6. The average Bonchev–Trinajstić information content (AvgIpc) is 2.38. The molecule has 0 radical (unpaired) electrons. The van der Waals surface area contributed by atoms with Crippen LogP contribution >= 0.6 is 24.0 Å². The van der Waals surface area contributed by atoms with Crippen LogP contribution in [0.2, 0.25) is 0 Å². The highest BCUT2D eigenvalue weighted by atomic mass is 32.2. The summed E-state index contributed by atoms with van der Waals surface area (Å²) in [5.74, 6) is 1.87. The van der Waals surface area contributed by atoms with Crippen molar-refractivity contribution in [1.82, 2.24) is 0 Å². The van der Waals surface area contributed by atoms with Gasteiger partial charge in [-0.25, -0.2) is 0 Å². The SMILES string of the molecule is CCSC(=S)C[C@@H](O)[C@H](C)c1ccc(OC)cc1.